The number of rotatable bonds is 2. The van der Waals surface area contributed by atoms with Crippen molar-refractivity contribution >= 4 is 22.7 Å². The summed E-state index contributed by atoms with van der Waals surface area (Å²) in [7, 11) is 3.58. The Kier molecular flexibility index (Phi) is 3.29. The quantitative estimate of drug-likeness (QED) is 0.920. The standard InChI is InChI=1S/C15H17N3O3/c1-17-6-5-12-13(17)9-11(14(16-12)21-2)10-3-7-18(8-4-10)15(19)20/h3,5-6,9H,4,7-8H2,1-2H3,(H,19,20). The lowest BCUT2D eigenvalue weighted by Gasteiger charge is -2.24. The molecule has 0 radical (unpaired) electrons. The predicted molar refractivity (Wildman–Crippen MR) is 79.5 cm³/mol. The number of carbonyl (C=O) groups is 1. The maximum Gasteiger partial charge on any atom is 0.407 e. The molecule has 110 valence electrons. The molecule has 2 aromatic heterocycles. The molecule has 6 heteroatoms. The Labute approximate surface area is 122 Å². The topological polar surface area (TPSA) is 67.6 Å². The highest BCUT2D eigenvalue weighted by molar-refractivity contribution is 5.83. The summed E-state index contributed by atoms with van der Waals surface area (Å²) in [5.41, 5.74) is 3.95. The van der Waals surface area contributed by atoms with Crippen molar-refractivity contribution in [2.75, 3.05) is 20.2 Å². The van der Waals surface area contributed by atoms with E-state index in [1.54, 1.807) is 7.11 Å². The average molecular weight is 287 g/mol. The molecule has 0 spiro atoms. The lowest BCUT2D eigenvalue weighted by atomic mass is 10.00. The van der Waals surface area contributed by atoms with E-state index < -0.39 is 6.09 Å². The summed E-state index contributed by atoms with van der Waals surface area (Å²) in [6, 6.07) is 4.01. The van der Waals surface area contributed by atoms with Crippen LogP contribution in [0.4, 0.5) is 4.79 Å². The van der Waals surface area contributed by atoms with Crippen molar-refractivity contribution in [3.05, 3.63) is 30.0 Å². The van der Waals surface area contributed by atoms with E-state index in [4.69, 9.17) is 9.84 Å². The van der Waals surface area contributed by atoms with Crippen LogP contribution in [0.1, 0.15) is 12.0 Å². The molecule has 1 N–H and O–H groups in total. The van der Waals surface area contributed by atoms with Crippen molar-refractivity contribution in [1.82, 2.24) is 14.5 Å². The van der Waals surface area contributed by atoms with E-state index in [0.29, 0.717) is 25.4 Å². The SMILES string of the molecule is COc1nc2ccn(C)c2cc1C1=CCN(C(=O)O)CC1. The number of hydrogen-bond donors (Lipinski definition) is 1. The fourth-order valence-electron chi connectivity index (χ4n) is 2.64. The van der Waals surface area contributed by atoms with E-state index in [2.05, 4.69) is 11.1 Å². The Balaban J connectivity index is 2.03. The van der Waals surface area contributed by atoms with Crippen LogP contribution in [0.5, 0.6) is 5.88 Å². The Morgan fingerprint density at radius 2 is 2.29 bits per heavy atom. The number of aromatic nitrogens is 2. The summed E-state index contributed by atoms with van der Waals surface area (Å²) in [6.45, 7) is 0.897. The molecule has 2 aromatic rings. The molecular weight excluding hydrogens is 270 g/mol. The Morgan fingerprint density at radius 1 is 1.48 bits per heavy atom. The third-order valence-corrected chi connectivity index (χ3v) is 3.85. The summed E-state index contributed by atoms with van der Waals surface area (Å²) >= 11 is 0. The second-order valence-electron chi connectivity index (χ2n) is 5.08. The van der Waals surface area contributed by atoms with Crippen molar-refractivity contribution in [3.8, 4) is 5.88 Å². The number of aryl methyl sites for hydroxylation is 1. The van der Waals surface area contributed by atoms with E-state index in [-0.39, 0.29) is 0 Å². The van der Waals surface area contributed by atoms with E-state index in [1.807, 2.05) is 30.0 Å². The zero-order valence-electron chi connectivity index (χ0n) is 12.0. The summed E-state index contributed by atoms with van der Waals surface area (Å²) in [6.07, 6.45) is 3.68. The summed E-state index contributed by atoms with van der Waals surface area (Å²) in [5, 5.41) is 9.00. The molecule has 0 fully saturated rings. The highest BCUT2D eigenvalue weighted by atomic mass is 16.5. The van der Waals surface area contributed by atoms with Crippen LogP contribution in [0.3, 0.4) is 0 Å². The van der Waals surface area contributed by atoms with Gasteiger partial charge in [0.1, 0.15) is 0 Å². The molecule has 3 heterocycles. The van der Waals surface area contributed by atoms with Gasteiger partial charge in [0.05, 0.1) is 18.1 Å². The fraction of sp³-hybridized carbons (Fsp3) is 0.333. The van der Waals surface area contributed by atoms with E-state index in [1.165, 1.54) is 4.90 Å². The lowest BCUT2D eigenvalue weighted by Crippen LogP contribution is -2.33. The van der Waals surface area contributed by atoms with Crippen molar-refractivity contribution < 1.29 is 14.6 Å². The van der Waals surface area contributed by atoms with Crippen molar-refractivity contribution in [2.45, 2.75) is 6.42 Å². The van der Waals surface area contributed by atoms with E-state index >= 15 is 0 Å². The van der Waals surface area contributed by atoms with Gasteiger partial charge in [0.25, 0.3) is 0 Å². The first-order valence-corrected chi connectivity index (χ1v) is 6.77. The number of methoxy groups -OCH3 is 1. The molecule has 0 unspecified atom stereocenters. The van der Waals surface area contributed by atoms with Crippen LogP contribution in [0.25, 0.3) is 16.6 Å². The van der Waals surface area contributed by atoms with Crippen LogP contribution < -0.4 is 4.74 Å². The van der Waals surface area contributed by atoms with Crippen LogP contribution in [-0.4, -0.2) is 45.9 Å². The zero-order chi connectivity index (χ0) is 15.0. The highest BCUT2D eigenvalue weighted by Crippen LogP contribution is 2.31. The largest absolute Gasteiger partial charge is 0.481 e. The Bertz CT molecular complexity index is 733. The molecular formula is C15H17N3O3. The molecule has 0 saturated heterocycles. The van der Waals surface area contributed by atoms with Gasteiger partial charge in [-0.1, -0.05) is 6.08 Å². The van der Waals surface area contributed by atoms with Crippen LogP contribution in [0.15, 0.2) is 24.4 Å². The third kappa shape index (κ3) is 2.33. The number of fused-ring (bicyclic) bond motifs is 1. The van der Waals surface area contributed by atoms with Crippen molar-refractivity contribution in [1.29, 1.82) is 0 Å². The number of amides is 1. The predicted octanol–water partition coefficient (Wildman–Crippen LogP) is 2.35. The van der Waals surface area contributed by atoms with Crippen LogP contribution in [0, 0.1) is 0 Å². The molecule has 0 aliphatic carbocycles. The molecule has 0 saturated carbocycles. The molecule has 1 aliphatic rings. The van der Waals surface area contributed by atoms with Gasteiger partial charge < -0.3 is 19.3 Å². The van der Waals surface area contributed by atoms with Gasteiger partial charge in [-0.05, 0) is 24.1 Å². The number of pyridine rings is 1. The first-order valence-electron chi connectivity index (χ1n) is 6.77. The second kappa shape index (κ2) is 5.12. The van der Waals surface area contributed by atoms with E-state index in [0.717, 1.165) is 22.2 Å². The molecule has 0 atom stereocenters. The minimum absolute atomic E-state index is 0.402. The maximum atomic E-state index is 11.0. The van der Waals surface area contributed by atoms with Crippen LogP contribution in [-0.2, 0) is 7.05 Å². The lowest BCUT2D eigenvalue weighted by molar-refractivity contribution is 0.150. The normalized spacial score (nSPS) is 15.1. The van der Waals surface area contributed by atoms with Crippen molar-refractivity contribution in [3.63, 3.8) is 0 Å². The highest BCUT2D eigenvalue weighted by Gasteiger charge is 2.20. The molecule has 0 aromatic carbocycles. The number of hydrogen-bond acceptors (Lipinski definition) is 3. The van der Waals surface area contributed by atoms with Gasteiger partial charge in [0.15, 0.2) is 0 Å². The molecule has 1 amide bonds. The van der Waals surface area contributed by atoms with Gasteiger partial charge in [0, 0.05) is 31.9 Å². The maximum absolute atomic E-state index is 11.0. The Hall–Kier alpha value is -2.50. The van der Waals surface area contributed by atoms with Crippen LogP contribution in [0.2, 0.25) is 0 Å². The first-order chi connectivity index (χ1) is 10.1. The van der Waals surface area contributed by atoms with Crippen molar-refractivity contribution in [2.24, 2.45) is 7.05 Å². The second-order valence-corrected chi connectivity index (χ2v) is 5.08. The summed E-state index contributed by atoms with van der Waals surface area (Å²) < 4.78 is 7.41. The van der Waals surface area contributed by atoms with Gasteiger partial charge in [0.2, 0.25) is 5.88 Å². The summed E-state index contributed by atoms with van der Waals surface area (Å²) in [4.78, 5) is 16.9. The number of carboxylic acid groups (broad SMARTS) is 1. The molecule has 3 rings (SSSR count). The minimum Gasteiger partial charge on any atom is -0.481 e. The molecule has 0 bridgehead atoms. The monoisotopic (exact) mass is 287 g/mol. The first kappa shape index (κ1) is 13.5. The summed E-state index contributed by atoms with van der Waals surface area (Å²) in [5.74, 6) is 0.587. The minimum atomic E-state index is -0.881. The fourth-order valence-corrected chi connectivity index (χ4v) is 2.64. The third-order valence-electron chi connectivity index (χ3n) is 3.85. The van der Waals surface area contributed by atoms with Gasteiger partial charge in [-0.3, -0.25) is 0 Å². The van der Waals surface area contributed by atoms with Gasteiger partial charge in [-0.15, -0.1) is 0 Å². The number of ether oxygens (including phenoxy) is 1. The van der Waals surface area contributed by atoms with Gasteiger partial charge >= 0.3 is 6.09 Å². The number of nitrogens with zero attached hydrogens (tertiary/aromatic N) is 3. The van der Waals surface area contributed by atoms with Gasteiger partial charge in [-0.2, -0.15) is 0 Å². The zero-order valence-corrected chi connectivity index (χ0v) is 12.0. The van der Waals surface area contributed by atoms with E-state index in [9.17, 15) is 4.79 Å². The van der Waals surface area contributed by atoms with Gasteiger partial charge in [-0.25, -0.2) is 9.78 Å². The smallest absolute Gasteiger partial charge is 0.407 e. The average Bonchev–Trinajstić information content (AvgIpc) is 2.86. The molecule has 1 aliphatic heterocycles. The molecule has 6 nitrogen and oxygen atoms in total. The molecule has 21 heavy (non-hydrogen) atoms. The van der Waals surface area contributed by atoms with Crippen LogP contribution >= 0.6 is 0 Å². The Morgan fingerprint density at radius 3 is 2.90 bits per heavy atom.